The van der Waals surface area contributed by atoms with Gasteiger partial charge in [0.25, 0.3) is 10.0 Å². The van der Waals surface area contributed by atoms with E-state index in [4.69, 9.17) is 23.2 Å². The highest BCUT2D eigenvalue weighted by Gasteiger charge is 2.34. The van der Waals surface area contributed by atoms with Crippen LogP contribution in [0, 0.1) is 6.92 Å². The molecule has 0 fully saturated rings. The highest BCUT2D eigenvalue weighted by atomic mass is 79.9. The molecule has 214 valence electrons. The number of carbonyl (C=O) groups excluding carboxylic acids is 2. The molecule has 11 heteroatoms. The number of hydrogen-bond acceptors (Lipinski definition) is 4. The molecule has 3 rings (SSSR count). The Kier molecular flexibility index (Phi) is 11.1. The first-order chi connectivity index (χ1) is 18.8. The van der Waals surface area contributed by atoms with E-state index < -0.39 is 28.5 Å². The molecule has 40 heavy (non-hydrogen) atoms. The molecule has 0 radical (unpaired) electrons. The van der Waals surface area contributed by atoms with E-state index in [0.717, 1.165) is 14.3 Å². The molecule has 0 spiro atoms. The normalized spacial score (nSPS) is 12.2. The molecule has 2 amide bonds. The smallest absolute Gasteiger partial charge is 0.264 e. The van der Waals surface area contributed by atoms with Crippen LogP contribution in [0.5, 0.6) is 0 Å². The third-order valence-electron chi connectivity index (χ3n) is 6.21. The van der Waals surface area contributed by atoms with Gasteiger partial charge in [-0.3, -0.25) is 13.9 Å². The summed E-state index contributed by atoms with van der Waals surface area (Å²) in [5.74, 6) is -0.939. The van der Waals surface area contributed by atoms with Crippen LogP contribution in [0.25, 0.3) is 0 Å². The number of anilines is 1. The molecule has 0 saturated heterocycles. The van der Waals surface area contributed by atoms with Gasteiger partial charge in [0.15, 0.2) is 0 Å². The van der Waals surface area contributed by atoms with E-state index in [1.54, 1.807) is 61.5 Å². The summed E-state index contributed by atoms with van der Waals surface area (Å²) in [6.45, 7) is 6.66. The molecule has 7 nitrogen and oxygen atoms in total. The maximum absolute atomic E-state index is 14.1. The number of hydrogen-bond donors (Lipinski definition) is 1. The SMILES string of the molecule is CCC(C(=O)NC(C)C)N(Cc1c(Cl)cccc1Cl)C(=O)CN(c1ccc(Br)cc1)S(=O)(=O)c1ccc(C)cc1. The molecular weight excluding hydrogens is 637 g/mol. The van der Waals surface area contributed by atoms with Crippen LogP contribution in [-0.4, -0.2) is 43.8 Å². The molecule has 0 aliphatic rings. The summed E-state index contributed by atoms with van der Waals surface area (Å²) in [7, 11) is -4.16. The van der Waals surface area contributed by atoms with Crippen molar-refractivity contribution in [1.29, 1.82) is 0 Å². The molecule has 0 aromatic heterocycles. The topological polar surface area (TPSA) is 86.8 Å². The van der Waals surface area contributed by atoms with Gasteiger partial charge in [0.2, 0.25) is 11.8 Å². The van der Waals surface area contributed by atoms with Crippen LogP contribution in [0.4, 0.5) is 5.69 Å². The summed E-state index contributed by atoms with van der Waals surface area (Å²) in [6.07, 6.45) is 0.287. The molecule has 0 bridgehead atoms. The van der Waals surface area contributed by atoms with Gasteiger partial charge in [0, 0.05) is 32.7 Å². The Morgan fingerprint density at radius 3 is 2.05 bits per heavy atom. The van der Waals surface area contributed by atoms with Gasteiger partial charge in [0.05, 0.1) is 10.6 Å². The Balaban J connectivity index is 2.10. The van der Waals surface area contributed by atoms with Crippen molar-refractivity contribution in [3.63, 3.8) is 0 Å². The summed E-state index contributed by atoms with van der Waals surface area (Å²) in [5, 5.41) is 3.53. The molecule has 3 aromatic carbocycles. The molecule has 1 N–H and O–H groups in total. The van der Waals surface area contributed by atoms with Crippen molar-refractivity contribution in [3.05, 3.63) is 92.4 Å². The number of sulfonamides is 1. The van der Waals surface area contributed by atoms with Gasteiger partial charge < -0.3 is 10.2 Å². The van der Waals surface area contributed by atoms with Gasteiger partial charge in [0.1, 0.15) is 12.6 Å². The van der Waals surface area contributed by atoms with Crippen molar-refractivity contribution in [2.45, 2.75) is 57.6 Å². The Hall–Kier alpha value is -2.59. The minimum absolute atomic E-state index is 0.0408. The summed E-state index contributed by atoms with van der Waals surface area (Å²) in [6, 6.07) is 17.0. The van der Waals surface area contributed by atoms with Crippen LogP contribution in [0.15, 0.2) is 76.1 Å². The van der Waals surface area contributed by atoms with Crippen LogP contribution in [0.1, 0.15) is 38.3 Å². The van der Waals surface area contributed by atoms with Crippen molar-refractivity contribution in [2.75, 3.05) is 10.8 Å². The standard InChI is InChI=1S/C29H32BrCl2N3O4S/c1-5-27(29(37)33-19(2)3)34(17-24-25(31)7-6-8-26(24)32)28(36)18-35(22-13-11-21(30)12-14-22)40(38,39)23-15-9-20(4)10-16-23/h6-16,19,27H,5,17-18H2,1-4H3,(H,33,37). The number of nitrogens with zero attached hydrogens (tertiary/aromatic N) is 2. The fourth-order valence-corrected chi connectivity index (χ4v) is 6.32. The van der Waals surface area contributed by atoms with Gasteiger partial charge >= 0.3 is 0 Å². The van der Waals surface area contributed by atoms with Gasteiger partial charge in [-0.15, -0.1) is 0 Å². The first kappa shape index (κ1) is 31.9. The zero-order valence-electron chi connectivity index (χ0n) is 22.7. The molecule has 1 atom stereocenters. The van der Waals surface area contributed by atoms with Crippen molar-refractivity contribution in [3.8, 4) is 0 Å². The minimum Gasteiger partial charge on any atom is -0.352 e. The lowest BCUT2D eigenvalue weighted by Crippen LogP contribution is -2.53. The highest BCUT2D eigenvalue weighted by Crippen LogP contribution is 2.29. The summed E-state index contributed by atoms with van der Waals surface area (Å²) >= 11 is 16.3. The molecule has 1 unspecified atom stereocenters. The number of nitrogens with one attached hydrogen (secondary N) is 1. The van der Waals surface area contributed by atoms with Crippen LogP contribution in [-0.2, 0) is 26.2 Å². The lowest BCUT2D eigenvalue weighted by atomic mass is 10.1. The fourth-order valence-electron chi connectivity index (χ4n) is 4.13. The molecule has 3 aromatic rings. The van der Waals surface area contributed by atoms with Gasteiger partial charge in [-0.1, -0.05) is 69.8 Å². The van der Waals surface area contributed by atoms with Gasteiger partial charge in [-0.05, 0) is 75.7 Å². The van der Waals surface area contributed by atoms with Gasteiger partial charge in [-0.25, -0.2) is 8.42 Å². The lowest BCUT2D eigenvalue weighted by molar-refractivity contribution is -0.140. The van der Waals surface area contributed by atoms with Crippen molar-refractivity contribution >= 4 is 66.7 Å². The second kappa shape index (κ2) is 13.9. The number of aryl methyl sites for hydroxylation is 1. The Bertz CT molecular complexity index is 1430. The Morgan fingerprint density at radius 1 is 0.950 bits per heavy atom. The largest absolute Gasteiger partial charge is 0.352 e. The lowest BCUT2D eigenvalue weighted by Gasteiger charge is -2.34. The Labute approximate surface area is 254 Å². The second-order valence-electron chi connectivity index (χ2n) is 9.61. The van der Waals surface area contributed by atoms with E-state index >= 15 is 0 Å². The number of amides is 2. The predicted octanol–water partition coefficient (Wildman–Crippen LogP) is 6.59. The van der Waals surface area contributed by atoms with Crippen LogP contribution >= 0.6 is 39.1 Å². The number of halogens is 3. The van der Waals surface area contributed by atoms with E-state index in [9.17, 15) is 18.0 Å². The average Bonchev–Trinajstić information content (AvgIpc) is 2.89. The predicted molar refractivity (Wildman–Crippen MR) is 164 cm³/mol. The van der Waals surface area contributed by atoms with E-state index in [2.05, 4.69) is 21.2 Å². The molecule has 0 aliphatic carbocycles. The monoisotopic (exact) mass is 667 g/mol. The summed E-state index contributed by atoms with van der Waals surface area (Å²) in [5.41, 5.74) is 1.66. The van der Waals surface area contributed by atoms with Crippen molar-refractivity contribution < 1.29 is 18.0 Å². The number of rotatable bonds is 11. The summed E-state index contributed by atoms with van der Waals surface area (Å²) < 4.78 is 29.6. The van der Waals surface area contributed by atoms with Crippen molar-refractivity contribution in [2.24, 2.45) is 0 Å². The highest BCUT2D eigenvalue weighted by molar-refractivity contribution is 9.10. The third-order valence-corrected chi connectivity index (χ3v) is 9.23. The first-order valence-corrected chi connectivity index (χ1v) is 15.7. The van der Waals surface area contributed by atoms with E-state index in [1.807, 2.05) is 20.8 Å². The fraction of sp³-hybridized carbons (Fsp3) is 0.310. The maximum Gasteiger partial charge on any atom is 0.264 e. The van der Waals surface area contributed by atoms with E-state index in [-0.39, 0.29) is 29.8 Å². The zero-order valence-corrected chi connectivity index (χ0v) is 26.6. The minimum atomic E-state index is -4.16. The second-order valence-corrected chi connectivity index (χ2v) is 13.2. The van der Waals surface area contributed by atoms with Crippen LogP contribution in [0.2, 0.25) is 10.0 Å². The third kappa shape index (κ3) is 7.78. The first-order valence-electron chi connectivity index (χ1n) is 12.7. The zero-order chi connectivity index (χ0) is 29.6. The Morgan fingerprint density at radius 2 is 1.52 bits per heavy atom. The molecule has 0 saturated carbocycles. The number of carbonyl (C=O) groups is 2. The van der Waals surface area contributed by atoms with Crippen LogP contribution in [0.3, 0.4) is 0 Å². The molecular formula is C29H32BrCl2N3O4S. The summed E-state index contributed by atoms with van der Waals surface area (Å²) in [4.78, 5) is 28.7. The van der Waals surface area contributed by atoms with Crippen molar-refractivity contribution in [1.82, 2.24) is 10.2 Å². The number of benzene rings is 3. The van der Waals surface area contributed by atoms with E-state index in [1.165, 1.54) is 17.0 Å². The molecule has 0 heterocycles. The van der Waals surface area contributed by atoms with E-state index in [0.29, 0.717) is 21.3 Å². The van der Waals surface area contributed by atoms with Crippen LogP contribution < -0.4 is 9.62 Å². The quantitative estimate of drug-likeness (QED) is 0.250. The average molecular weight is 669 g/mol. The molecule has 0 aliphatic heterocycles. The maximum atomic E-state index is 14.1. The van der Waals surface area contributed by atoms with Gasteiger partial charge in [-0.2, -0.15) is 0 Å².